The highest BCUT2D eigenvalue weighted by Crippen LogP contribution is 2.04. The van der Waals surface area contributed by atoms with E-state index in [0.29, 0.717) is 0 Å². The van der Waals surface area contributed by atoms with Crippen LogP contribution in [0.1, 0.15) is 0 Å². The second kappa shape index (κ2) is 1.67. The Bertz CT molecular complexity index is 98.2. The molecule has 1 aliphatic heterocycles. The van der Waals surface area contributed by atoms with Gasteiger partial charge in [-0.15, -0.1) is 0 Å². The molecule has 0 fully saturated rings. The molecule has 0 saturated carbocycles. The van der Waals surface area contributed by atoms with Crippen LogP contribution < -0.4 is 5.73 Å². The summed E-state index contributed by atoms with van der Waals surface area (Å²) in [5.74, 6) is 0. The molecule has 0 amide bonds. The quantitative estimate of drug-likeness (QED) is 0.463. The van der Waals surface area contributed by atoms with Crippen LogP contribution >= 0.6 is 0 Å². The van der Waals surface area contributed by atoms with E-state index < -0.39 is 0 Å². The summed E-state index contributed by atoms with van der Waals surface area (Å²) in [5.41, 5.74) is 5.61. The third kappa shape index (κ3) is 0.648. The largest absolute Gasteiger partial charge is 0.347 e. The van der Waals surface area contributed by atoms with E-state index in [-0.39, 0.29) is 6.29 Å². The van der Waals surface area contributed by atoms with E-state index >= 15 is 0 Å². The molecule has 1 aliphatic rings. The standard InChI is InChI=1S/C5H11N3/c1-7-3-4-8(2)5(7)6/h3-5H,6H2,1-2H3. The molecule has 8 heavy (non-hydrogen) atoms. The van der Waals surface area contributed by atoms with Gasteiger partial charge in [0.1, 0.15) is 0 Å². The van der Waals surface area contributed by atoms with Gasteiger partial charge in [-0.1, -0.05) is 0 Å². The second-order valence-corrected chi connectivity index (χ2v) is 2.04. The fraction of sp³-hybridized carbons (Fsp3) is 0.600. The van der Waals surface area contributed by atoms with Crippen LogP contribution in [-0.4, -0.2) is 30.2 Å². The summed E-state index contributed by atoms with van der Waals surface area (Å²) in [4.78, 5) is 3.89. The summed E-state index contributed by atoms with van der Waals surface area (Å²) in [5, 5.41) is 0. The Balaban J connectivity index is 2.55. The molecule has 3 heteroatoms. The van der Waals surface area contributed by atoms with Crippen molar-refractivity contribution in [2.24, 2.45) is 5.73 Å². The van der Waals surface area contributed by atoms with Crippen LogP contribution in [0, 0.1) is 0 Å². The molecule has 2 N–H and O–H groups in total. The lowest BCUT2D eigenvalue weighted by atomic mass is 10.7. The maximum Gasteiger partial charge on any atom is 0.154 e. The third-order valence-corrected chi connectivity index (χ3v) is 1.37. The van der Waals surface area contributed by atoms with E-state index in [0.717, 1.165) is 0 Å². The van der Waals surface area contributed by atoms with E-state index in [4.69, 9.17) is 5.73 Å². The van der Waals surface area contributed by atoms with Crippen molar-refractivity contribution in [1.82, 2.24) is 9.80 Å². The second-order valence-electron chi connectivity index (χ2n) is 2.04. The summed E-state index contributed by atoms with van der Waals surface area (Å²) >= 11 is 0. The van der Waals surface area contributed by atoms with Crippen LogP contribution in [-0.2, 0) is 0 Å². The first-order valence-corrected chi connectivity index (χ1v) is 2.59. The molecule has 1 rings (SSSR count). The Hall–Kier alpha value is -0.700. The molecule has 0 aromatic carbocycles. The molecular formula is C5H11N3. The Morgan fingerprint density at radius 2 is 1.62 bits per heavy atom. The van der Waals surface area contributed by atoms with Crippen LogP contribution in [0.2, 0.25) is 0 Å². The minimum absolute atomic E-state index is 0.0370. The number of nitrogens with two attached hydrogens (primary N) is 1. The maximum absolute atomic E-state index is 5.61. The molecule has 0 radical (unpaired) electrons. The average Bonchev–Trinajstić information content (AvgIpc) is 1.98. The lowest BCUT2D eigenvalue weighted by Gasteiger charge is -2.22. The van der Waals surface area contributed by atoms with Gasteiger partial charge < -0.3 is 9.80 Å². The first-order valence-electron chi connectivity index (χ1n) is 2.59. The first-order chi connectivity index (χ1) is 3.72. The topological polar surface area (TPSA) is 32.5 Å². The highest BCUT2D eigenvalue weighted by molar-refractivity contribution is 4.90. The number of nitrogens with zero attached hydrogens (tertiary/aromatic N) is 2. The molecule has 0 saturated heterocycles. The van der Waals surface area contributed by atoms with Crippen molar-refractivity contribution in [3.05, 3.63) is 12.4 Å². The minimum atomic E-state index is 0.0370. The van der Waals surface area contributed by atoms with Gasteiger partial charge in [-0.05, 0) is 0 Å². The van der Waals surface area contributed by atoms with Gasteiger partial charge in [0.2, 0.25) is 0 Å². The predicted octanol–water partition coefficient (Wildman–Crippen LogP) is -0.423. The molecule has 1 heterocycles. The number of hydrogen-bond acceptors (Lipinski definition) is 3. The molecule has 46 valence electrons. The zero-order valence-corrected chi connectivity index (χ0v) is 5.20. The van der Waals surface area contributed by atoms with Gasteiger partial charge in [0.15, 0.2) is 6.29 Å². The van der Waals surface area contributed by atoms with E-state index in [1.807, 2.05) is 36.3 Å². The van der Waals surface area contributed by atoms with E-state index in [1.165, 1.54) is 0 Å². The van der Waals surface area contributed by atoms with Crippen molar-refractivity contribution >= 4 is 0 Å². The summed E-state index contributed by atoms with van der Waals surface area (Å²) < 4.78 is 0. The first kappa shape index (κ1) is 5.44. The third-order valence-electron chi connectivity index (χ3n) is 1.37. The summed E-state index contributed by atoms with van der Waals surface area (Å²) in [6.07, 6.45) is 3.94. The van der Waals surface area contributed by atoms with Gasteiger partial charge in [-0.25, -0.2) is 0 Å². The van der Waals surface area contributed by atoms with Gasteiger partial charge in [-0.2, -0.15) is 0 Å². The normalized spacial score (nSPS) is 20.9. The fourth-order valence-electron chi connectivity index (χ4n) is 0.674. The van der Waals surface area contributed by atoms with Crippen molar-refractivity contribution in [2.45, 2.75) is 6.29 Å². The van der Waals surface area contributed by atoms with Gasteiger partial charge in [0.25, 0.3) is 0 Å². The molecule has 0 bridgehead atoms. The Kier molecular flexibility index (Phi) is 1.13. The minimum Gasteiger partial charge on any atom is -0.347 e. The van der Waals surface area contributed by atoms with Crippen molar-refractivity contribution in [3.63, 3.8) is 0 Å². The molecular weight excluding hydrogens is 102 g/mol. The van der Waals surface area contributed by atoms with Gasteiger partial charge in [0.05, 0.1) is 0 Å². The summed E-state index contributed by atoms with van der Waals surface area (Å²) in [6, 6.07) is 0. The van der Waals surface area contributed by atoms with Gasteiger partial charge in [-0.3, -0.25) is 5.73 Å². The van der Waals surface area contributed by atoms with E-state index in [9.17, 15) is 0 Å². The molecule has 0 atom stereocenters. The lowest BCUT2D eigenvalue weighted by Crippen LogP contribution is -2.41. The summed E-state index contributed by atoms with van der Waals surface area (Å²) in [7, 11) is 3.90. The summed E-state index contributed by atoms with van der Waals surface area (Å²) in [6.45, 7) is 0. The van der Waals surface area contributed by atoms with Gasteiger partial charge >= 0.3 is 0 Å². The molecule has 3 nitrogen and oxygen atoms in total. The molecule has 0 aliphatic carbocycles. The van der Waals surface area contributed by atoms with E-state index in [2.05, 4.69) is 0 Å². The van der Waals surface area contributed by atoms with Crippen LogP contribution in [0.4, 0.5) is 0 Å². The average molecular weight is 113 g/mol. The van der Waals surface area contributed by atoms with E-state index in [1.54, 1.807) is 0 Å². The van der Waals surface area contributed by atoms with Crippen LogP contribution in [0.3, 0.4) is 0 Å². The highest BCUT2D eigenvalue weighted by atomic mass is 15.4. The SMILES string of the molecule is CN1C=CN(C)C1N. The number of hydrogen-bond donors (Lipinski definition) is 1. The highest BCUT2D eigenvalue weighted by Gasteiger charge is 2.13. The number of rotatable bonds is 0. The monoisotopic (exact) mass is 113 g/mol. The van der Waals surface area contributed by atoms with Crippen LogP contribution in [0.5, 0.6) is 0 Å². The molecule has 0 aromatic rings. The van der Waals surface area contributed by atoms with Crippen molar-refractivity contribution < 1.29 is 0 Å². The van der Waals surface area contributed by atoms with Crippen molar-refractivity contribution in [1.29, 1.82) is 0 Å². The Labute approximate surface area is 49.4 Å². The molecule has 0 aromatic heterocycles. The van der Waals surface area contributed by atoms with Crippen LogP contribution in [0.15, 0.2) is 12.4 Å². The van der Waals surface area contributed by atoms with Gasteiger partial charge in [0, 0.05) is 26.5 Å². The zero-order chi connectivity index (χ0) is 6.15. The predicted molar refractivity (Wildman–Crippen MR) is 32.6 cm³/mol. The molecule has 0 unspecified atom stereocenters. The maximum atomic E-state index is 5.61. The lowest BCUT2D eigenvalue weighted by molar-refractivity contribution is 0.213. The van der Waals surface area contributed by atoms with Crippen molar-refractivity contribution in [3.8, 4) is 0 Å². The Morgan fingerprint density at radius 3 is 1.75 bits per heavy atom. The fourth-order valence-corrected chi connectivity index (χ4v) is 0.674. The Morgan fingerprint density at radius 1 is 1.25 bits per heavy atom. The van der Waals surface area contributed by atoms with Crippen molar-refractivity contribution in [2.75, 3.05) is 14.1 Å². The smallest absolute Gasteiger partial charge is 0.154 e. The van der Waals surface area contributed by atoms with Crippen LogP contribution in [0.25, 0.3) is 0 Å². The zero-order valence-electron chi connectivity index (χ0n) is 5.20. The molecule has 0 spiro atoms.